The predicted molar refractivity (Wildman–Crippen MR) is 62.3 cm³/mol. The fourth-order valence-corrected chi connectivity index (χ4v) is 2.35. The van der Waals surface area contributed by atoms with Gasteiger partial charge in [-0.25, -0.2) is 4.79 Å². The molecule has 0 bridgehead atoms. The number of ether oxygens (including phenoxy) is 1. The molecule has 4 nitrogen and oxygen atoms in total. The molecule has 2 rings (SSSR count). The third-order valence-corrected chi connectivity index (χ3v) is 3.26. The average Bonchev–Trinajstić information content (AvgIpc) is 2.23. The predicted octanol–water partition coefficient (Wildman–Crippen LogP) is 1.61. The fourth-order valence-electron chi connectivity index (χ4n) is 2.35. The van der Waals surface area contributed by atoms with Crippen molar-refractivity contribution in [3.05, 3.63) is 0 Å². The summed E-state index contributed by atoms with van der Waals surface area (Å²) < 4.78 is 5.41. The van der Waals surface area contributed by atoms with Gasteiger partial charge in [0.1, 0.15) is 5.60 Å². The Morgan fingerprint density at radius 2 is 2.19 bits per heavy atom. The monoisotopic (exact) mass is 226 g/mol. The number of nitrogens with one attached hydrogen (secondary N) is 1. The minimum absolute atomic E-state index is 0.153. The van der Waals surface area contributed by atoms with Crippen LogP contribution in [0.25, 0.3) is 0 Å². The van der Waals surface area contributed by atoms with Gasteiger partial charge in [0.25, 0.3) is 0 Å². The van der Waals surface area contributed by atoms with Crippen LogP contribution in [-0.4, -0.2) is 42.3 Å². The maximum Gasteiger partial charge on any atom is 0.410 e. The summed E-state index contributed by atoms with van der Waals surface area (Å²) in [5.41, 5.74) is -0.388. The number of nitrogens with zero attached hydrogens (tertiary/aromatic N) is 1. The van der Waals surface area contributed by atoms with Crippen molar-refractivity contribution in [3.63, 3.8) is 0 Å². The van der Waals surface area contributed by atoms with Crippen LogP contribution in [0.2, 0.25) is 0 Å². The first-order valence-corrected chi connectivity index (χ1v) is 6.17. The van der Waals surface area contributed by atoms with Gasteiger partial charge in [-0.05, 0) is 33.6 Å². The topological polar surface area (TPSA) is 41.6 Å². The largest absolute Gasteiger partial charge is 0.444 e. The molecule has 2 unspecified atom stereocenters. The van der Waals surface area contributed by atoms with E-state index in [-0.39, 0.29) is 11.7 Å². The molecule has 1 N–H and O–H groups in total. The van der Waals surface area contributed by atoms with Gasteiger partial charge in [0, 0.05) is 31.6 Å². The number of hydrogen-bond acceptors (Lipinski definition) is 3. The van der Waals surface area contributed by atoms with Crippen molar-refractivity contribution in [2.75, 3.05) is 19.6 Å². The SMILES string of the molecule is CC(C)(C)OC(=O)N1CCCC2NCC2C1. The van der Waals surface area contributed by atoms with E-state index in [1.807, 2.05) is 25.7 Å². The molecule has 0 aromatic heterocycles. The highest BCUT2D eigenvalue weighted by molar-refractivity contribution is 5.68. The summed E-state index contributed by atoms with van der Waals surface area (Å²) in [6, 6.07) is 0.632. The van der Waals surface area contributed by atoms with Crippen LogP contribution < -0.4 is 5.32 Å². The Bertz CT molecular complexity index is 273. The van der Waals surface area contributed by atoms with E-state index in [2.05, 4.69) is 5.32 Å². The van der Waals surface area contributed by atoms with Gasteiger partial charge in [-0.2, -0.15) is 0 Å². The lowest BCUT2D eigenvalue weighted by Crippen LogP contribution is -2.56. The van der Waals surface area contributed by atoms with Crippen LogP contribution in [0, 0.1) is 5.92 Å². The van der Waals surface area contributed by atoms with Crippen LogP contribution in [0.5, 0.6) is 0 Å². The molecule has 2 aliphatic heterocycles. The van der Waals surface area contributed by atoms with Gasteiger partial charge >= 0.3 is 6.09 Å². The zero-order chi connectivity index (χ0) is 11.8. The van der Waals surface area contributed by atoms with Gasteiger partial charge in [-0.3, -0.25) is 0 Å². The number of carbonyl (C=O) groups excluding carboxylic acids is 1. The van der Waals surface area contributed by atoms with Crippen molar-refractivity contribution in [1.82, 2.24) is 10.2 Å². The Balaban J connectivity index is 1.90. The number of carbonyl (C=O) groups is 1. The Labute approximate surface area is 97.3 Å². The fraction of sp³-hybridized carbons (Fsp3) is 0.917. The van der Waals surface area contributed by atoms with Gasteiger partial charge in [-0.15, -0.1) is 0 Å². The third kappa shape index (κ3) is 2.67. The molecular formula is C12H22N2O2. The minimum Gasteiger partial charge on any atom is -0.444 e. The van der Waals surface area contributed by atoms with E-state index in [0.29, 0.717) is 12.0 Å². The zero-order valence-electron chi connectivity index (χ0n) is 10.5. The second-order valence-electron chi connectivity index (χ2n) is 5.84. The molecule has 2 aliphatic rings. The highest BCUT2D eigenvalue weighted by atomic mass is 16.6. The van der Waals surface area contributed by atoms with E-state index in [4.69, 9.17) is 4.74 Å². The number of rotatable bonds is 0. The first-order chi connectivity index (χ1) is 7.46. The quantitative estimate of drug-likeness (QED) is 0.682. The third-order valence-electron chi connectivity index (χ3n) is 3.26. The van der Waals surface area contributed by atoms with Gasteiger partial charge < -0.3 is 15.0 Å². The van der Waals surface area contributed by atoms with Gasteiger partial charge in [0.15, 0.2) is 0 Å². The number of hydrogen-bond donors (Lipinski definition) is 1. The summed E-state index contributed by atoms with van der Waals surface area (Å²) in [5.74, 6) is 0.634. The summed E-state index contributed by atoms with van der Waals surface area (Å²) in [6.45, 7) is 8.48. The molecular weight excluding hydrogens is 204 g/mol. The molecule has 0 aromatic carbocycles. The lowest BCUT2D eigenvalue weighted by atomic mass is 9.89. The molecule has 2 atom stereocenters. The van der Waals surface area contributed by atoms with Crippen LogP contribution in [0.3, 0.4) is 0 Å². The number of amides is 1. The lowest BCUT2D eigenvalue weighted by Gasteiger charge is -2.38. The van der Waals surface area contributed by atoms with Crippen molar-refractivity contribution in [3.8, 4) is 0 Å². The van der Waals surface area contributed by atoms with Crippen LogP contribution >= 0.6 is 0 Å². The molecule has 2 fully saturated rings. The Kier molecular flexibility index (Phi) is 3.10. The second-order valence-corrected chi connectivity index (χ2v) is 5.84. The van der Waals surface area contributed by atoms with E-state index in [1.54, 1.807) is 0 Å². The summed E-state index contributed by atoms with van der Waals surface area (Å²) in [4.78, 5) is 13.8. The van der Waals surface area contributed by atoms with Crippen molar-refractivity contribution in [2.45, 2.75) is 45.3 Å². The lowest BCUT2D eigenvalue weighted by molar-refractivity contribution is 0.0212. The highest BCUT2D eigenvalue weighted by Gasteiger charge is 2.36. The van der Waals surface area contributed by atoms with Crippen LogP contribution in [0.4, 0.5) is 4.79 Å². The van der Waals surface area contributed by atoms with Crippen LogP contribution in [0.1, 0.15) is 33.6 Å². The smallest absolute Gasteiger partial charge is 0.410 e. The molecule has 1 amide bonds. The maximum atomic E-state index is 11.9. The standard InChI is InChI=1S/C12H22N2O2/c1-12(2,3)16-11(15)14-6-4-5-10-9(8-14)7-13-10/h9-10,13H,4-8H2,1-3H3. The number of likely N-dealkylation sites (tertiary alicyclic amines) is 1. The van der Waals surface area contributed by atoms with E-state index >= 15 is 0 Å². The molecule has 0 radical (unpaired) electrons. The average molecular weight is 226 g/mol. The second kappa shape index (κ2) is 4.24. The molecule has 0 aromatic rings. The van der Waals surface area contributed by atoms with Gasteiger partial charge in [-0.1, -0.05) is 0 Å². The normalized spacial score (nSPS) is 30.1. The first-order valence-electron chi connectivity index (χ1n) is 6.17. The summed E-state index contributed by atoms with van der Waals surface area (Å²) >= 11 is 0. The molecule has 4 heteroatoms. The highest BCUT2D eigenvalue weighted by Crippen LogP contribution is 2.24. The van der Waals surface area contributed by atoms with E-state index in [1.165, 1.54) is 6.42 Å². The molecule has 2 heterocycles. The van der Waals surface area contributed by atoms with E-state index in [9.17, 15) is 4.79 Å². The Morgan fingerprint density at radius 3 is 2.75 bits per heavy atom. The summed E-state index contributed by atoms with van der Waals surface area (Å²) in [7, 11) is 0. The van der Waals surface area contributed by atoms with Crippen molar-refractivity contribution in [2.24, 2.45) is 5.92 Å². The van der Waals surface area contributed by atoms with Crippen LogP contribution in [-0.2, 0) is 4.74 Å². The van der Waals surface area contributed by atoms with E-state index < -0.39 is 0 Å². The first kappa shape index (κ1) is 11.7. The Hall–Kier alpha value is -0.770. The Morgan fingerprint density at radius 1 is 1.44 bits per heavy atom. The van der Waals surface area contributed by atoms with Crippen molar-refractivity contribution in [1.29, 1.82) is 0 Å². The molecule has 0 saturated carbocycles. The molecule has 2 saturated heterocycles. The van der Waals surface area contributed by atoms with E-state index in [0.717, 1.165) is 26.1 Å². The zero-order valence-corrected chi connectivity index (χ0v) is 10.5. The molecule has 0 spiro atoms. The number of fused-ring (bicyclic) bond motifs is 1. The minimum atomic E-state index is -0.388. The summed E-state index contributed by atoms with van der Waals surface area (Å²) in [5, 5.41) is 3.42. The molecule has 92 valence electrons. The van der Waals surface area contributed by atoms with Gasteiger partial charge in [0.2, 0.25) is 0 Å². The maximum absolute atomic E-state index is 11.9. The van der Waals surface area contributed by atoms with Crippen molar-refractivity contribution >= 4 is 6.09 Å². The molecule has 16 heavy (non-hydrogen) atoms. The van der Waals surface area contributed by atoms with Crippen molar-refractivity contribution < 1.29 is 9.53 Å². The summed E-state index contributed by atoms with van der Waals surface area (Å²) in [6.07, 6.45) is 2.11. The van der Waals surface area contributed by atoms with Gasteiger partial charge in [0.05, 0.1) is 0 Å². The van der Waals surface area contributed by atoms with Crippen LogP contribution in [0.15, 0.2) is 0 Å². The molecule has 0 aliphatic carbocycles.